The zero-order chi connectivity index (χ0) is 15.8. The van der Waals surface area contributed by atoms with Crippen molar-refractivity contribution in [2.75, 3.05) is 6.54 Å². The average molecular weight is 312 g/mol. The second-order valence-corrected chi connectivity index (χ2v) is 5.29. The summed E-state index contributed by atoms with van der Waals surface area (Å²) in [6.07, 6.45) is 2.53. The number of nitrogens with one attached hydrogen (secondary N) is 2. The minimum atomic E-state index is -0.592. The van der Waals surface area contributed by atoms with Crippen molar-refractivity contribution in [3.8, 4) is 0 Å². The van der Waals surface area contributed by atoms with E-state index in [4.69, 9.17) is 11.6 Å². The topological polar surface area (TPSA) is 71.1 Å². The van der Waals surface area contributed by atoms with Gasteiger partial charge in [0, 0.05) is 17.8 Å². The number of pyridine rings is 1. The standard InChI is InChI=1S/C15H22ClN3O2/c1-4-6-12-8-11(9-13(16)19-12)15(21)18-10(3)14(20)17-7-5-2/h8-10H,4-7H2,1-3H3,(H,17,20)(H,18,21). The van der Waals surface area contributed by atoms with Crippen LogP contribution in [0.4, 0.5) is 0 Å². The second kappa shape index (κ2) is 8.62. The fraction of sp³-hybridized carbons (Fsp3) is 0.533. The third-order valence-corrected chi connectivity index (χ3v) is 3.10. The number of halogens is 1. The molecule has 0 aromatic carbocycles. The molecule has 1 heterocycles. The van der Waals surface area contributed by atoms with Crippen molar-refractivity contribution in [1.29, 1.82) is 0 Å². The Morgan fingerprint density at radius 2 is 2.00 bits per heavy atom. The van der Waals surface area contributed by atoms with Crippen molar-refractivity contribution < 1.29 is 9.59 Å². The van der Waals surface area contributed by atoms with Crippen LogP contribution in [-0.4, -0.2) is 29.4 Å². The quantitative estimate of drug-likeness (QED) is 0.759. The van der Waals surface area contributed by atoms with Gasteiger partial charge in [-0.15, -0.1) is 0 Å². The predicted octanol–water partition coefficient (Wildman–Crippen LogP) is 2.33. The highest BCUT2D eigenvalue weighted by molar-refractivity contribution is 6.29. The van der Waals surface area contributed by atoms with E-state index >= 15 is 0 Å². The third-order valence-electron chi connectivity index (χ3n) is 2.91. The Labute approximate surface area is 130 Å². The van der Waals surface area contributed by atoms with Crippen LogP contribution in [-0.2, 0) is 11.2 Å². The van der Waals surface area contributed by atoms with Gasteiger partial charge in [0.2, 0.25) is 5.91 Å². The lowest BCUT2D eigenvalue weighted by atomic mass is 10.1. The minimum absolute atomic E-state index is 0.195. The highest BCUT2D eigenvalue weighted by atomic mass is 35.5. The van der Waals surface area contributed by atoms with Crippen LogP contribution in [0.25, 0.3) is 0 Å². The van der Waals surface area contributed by atoms with Gasteiger partial charge >= 0.3 is 0 Å². The van der Waals surface area contributed by atoms with E-state index in [0.29, 0.717) is 12.1 Å². The average Bonchev–Trinajstić information content (AvgIpc) is 2.44. The molecule has 0 aliphatic heterocycles. The molecule has 0 bridgehead atoms. The van der Waals surface area contributed by atoms with E-state index in [1.807, 2.05) is 13.8 Å². The predicted molar refractivity (Wildman–Crippen MR) is 83.5 cm³/mol. The molecular weight excluding hydrogens is 290 g/mol. The Balaban J connectivity index is 2.72. The zero-order valence-corrected chi connectivity index (χ0v) is 13.5. The molecule has 1 aromatic heterocycles. The summed E-state index contributed by atoms with van der Waals surface area (Å²) in [5.41, 5.74) is 1.20. The highest BCUT2D eigenvalue weighted by Crippen LogP contribution is 2.12. The van der Waals surface area contributed by atoms with Crippen molar-refractivity contribution >= 4 is 23.4 Å². The van der Waals surface area contributed by atoms with E-state index in [0.717, 1.165) is 25.0 Å². The zero-order valence-electron chi connectivity index (χ0n) is 12.7. The van der Waals surface area contributed by atoms with E-state index in [1.165, 1.54) is 6.07 Å². The van der Waals surface area contributed by atoms with Crippen LogP contribution in [0.15, 0.2) is 12.1 Å². The molecule has 1 atom stereocenters. The summed E-state index contributed by atoms with van der Waals surface area (Å²) in [5.74, 6) is -0.519. The molecule has 0 aliphatic rings. The van der Waals surface area contributed by atoms with Crippen LogP contribution in [0.5, 0.6) is 0 Å². The molecule has 2 amide bonds. The molecule has 0 saturated carbocycles. The molecule has 0 saturated heterocycles. The van der Waals surface area contributed by atoms with Crippen molar-refractivity contribution in [3.05, 3.63) is 28.5 Å². The molecule has 0 aliphatic carbocycles. The van der Waals surface area contributed by atoms with Crippen LogP contribution in [0.2, 0.25) is 5.15 Å². The Kier molecular flexibility index (Phi) is 7.15. The van der Waals surface area contributed by atoms with Crippen LogP contribution in [0.3, 0.4) is 0 Å². The highest BCUT2D eigenvalue weighted by Gasteiger charge is 2.17. The fourth-order valence-electron chi connectivity index (χ4n) is 1.81. The van der Waals surface area contributed by atoms with Gasteiger partial charge in [-0.2, -0.15) is 0 Å². The summed E-state index contributed by atoms with van der Waals surface area (Å²) < 4.78 is 0. The van der Waals surface area contributed by atoms with E-state index in [1.54, 1.807) is 13.0 Å². The van der Waals surface area contributed by atoms with Gasteiger partial charge in [0.15, 0.2) is 0 Å². The molecule has 0 fully saturated rings. The number of carbonyl (C=O) groups is 2. The second-order valence-electron chi connectivity index (χ2n) is 4.91. The maximum atomic E-state index is 12.2. The summed E-state index contributed by atoms with van der Waals surface area (Å²) in [5, 5.41) is 5.69. The molecule has 1 rings (SSSR count). The number of aromatic nitrogens is 1. The van der Waals surface area contributed by atoms with Gasteiger partial charge < -0.3 is 10.6 Å². The number of nitrogens with zero attached hydrogens (tertiary/aromatic N) is 1. The molecule has 2 N–H and O–H groups in total. The normalized spacial score (nSPS) is 11.8. The van der Waals surface area contributed by atoms with E-state index in [2.05, 4.69) is 15.6 Å². The van der Waals surface area contributed by atoms with Crippen LogP contribution >= 0.6 is 11.6 Å². The van der Waals surface area contributed by atoms with Gasteiger partial charge in [0.05, 0.1) is 0 Å². The number of hydrogen-bond acceptors (Lipinski definition) is 3. The largest absolute Gasteiger partial charge is 0.354 e. The van der Waals surface area contributed by atoms with E-state index < -0.39 is 6.04 Å². The lowest BCUT2D eigenvalue weighted by molar-refractivity contribution is -0.122. The molecule has 5 nitrogen and oxygen atoms in total. The molecule has 21 heavy (non-hydrogen) atoms. The third kappa shape index (κ3) is 5.71. The van der Waals surface area contributed by atoms with Crippen molar-refractivity contribution in [1.82, 2.24) is 15.6 Å². The van der Waals surface area contributed by atoms with Gasteiger partial charge in [0.1, 0.15) is 11.2 Å². The van der Waals surface area contributed by atoms with E-state index in [-0.39, 0.29) is 17.0 Å². The Morgan fingerprint density at radius 3 is 2.62 bits per heavy atom. The first-order valence-corrected chi connectivity index (χ1v) is 7.60. The number of aryl methyl sites for hydroxylation is 1. The molecule has 116 valence electrons. The summed E-state index contributed by atoms with van der Waals surface area (Å²) in [6, 6.07) is 2.62. The number of carbonyl (C=O) groups excluding carboxylic acids is 2. The van der Waals surface area contributed by atoms with Crippen molar-refractivity contribution in [3.63, 3.8) is 0 Å². The smallest absolute Gasteiger partial charge is 0.252 e. The first kappa shape index (κ1) is 17.4. The fourth-order valence-corrected chi connectivity index (χ4v) is 2.04. The van der Waals surface area contributed by atoms with Crippen molar-refractivity contribution in [2.45, 2.75) is 46.1 Å². The first-order valence-electron chi connectivity index (χ1n) is 7.23. The van der Waals surface area contributed by atoms with Crippen LogP contribution in [0, 0.1) is 0 Å². The summed E-state index contributed by atoms with van der Waals surface area (Å²) in [7, 11) is 0. The number of amides is 2. The molecule has 1 aromatic rings. The first-order chi connectivity index (χ1) is 9.97. The molecule has 0 spiro atoms. The number of rotatable bonds is 7. The molecule has 1 unspecified atom stereocenters. The summed E-state index contributed by atoms with van der Waals surface area (Å²) in [4.78, 5) is 28.1. The lowest BCUT2D eigenvalue weighted by Gasteiger charge is -2.14. The van der Waals surface area contributed by atoms with Gasteiger partial charge in [-0.05, 0) is 31.9 Å². The van der Waals surface area contributed by atoms with Crippen LogP contribution in [0.1, 0.15) is 49.7 Å². The SMILES string of the molecule is CCCNC(=O)C(C)NC(=O)c1cc(Cl)nc(CCC)c1. The maximum Gasteiger partial charge on any atom is 0.252 e. The molecule has 6 heteroatoms. The summed E-state index contributed by atoms with van der Waals surface area (Å²) >= 11 is 5.93. The van der Waals surface area contributed by atoms with Gasteiger partial charge in [-0.3, -0.25) is 9.59 Å². The maximum absolute atomic E-state index is 12.2. The Morgan fingerprint density at radius 1 is 1.29 bits per heavy atom. The van der Waals surface area contributed by atoms with Gasteiger partial charge in [-0.1, -0.05) is 31.9 Å². The van der Waals surface area contributed by atoms with Gasteiger partial charge in [-0.25, -0.2) is 4.98 Å². The summed E-state index contributed by atoms with van der Waals surface area (Å²) in [6.45, 7) is 6.25. The monoisotopic (exact) mass is 311 g/mol. The Bertz CT molecular complexity index is 506. The number of hydrogen-bond donors (Lipinski definition) is 2. The minimum Gasteiger partial charge on any atom is -0.354 e. The van der Waals surface area contributed by atoms with Crippen LogP contribution < -0.4 is 10.6 Å². The molecule has 0 radical (unpaired) electrons. The molecular formula is C15H22ClN3O2. The lowest BCUT2D eigenvalue weighted by Crippen LogP contribution is -2.45. The van der Waals surface area contributed by atoms with Crippen molar-refractivity contribution in [2.24, 2.45) is 0 Å². The van der Waals surface area contributed by atoms with E-state index in [9.17, 15) is 9.59 Å². The Hall–Kier alpha value is -1.62. The van der Waals surface area contributed by atoms with Gasteiger partial charge in [0.25, 0.3) is 5.91 Å².